The smallest absolute Gasteiger partial charge is 0.150 e. The van der Waals surface area contributed by atoms with Gasteiger partial charge in [0.05, 0.1) is 12.7 Å². The SMILES string of the molecule is CC(NCc1ccno1)c1ccsc1. The third-order valence-electron chi connectivity index (χ3n) is 2.12. The van der Waals surface area contributed by atoms with E-state index in [-0.39, 0.29) is 0 Å². The molecule has 2 aromatic heterocycles. The zero-order valence-electron chi connectivity index (χ0n) is 7.93. The molecule has 0 amide bonds. The quantitative estimate of drug-likeness (QED) is 0.839. The molecule has 3 nitrogen and oxygen atoms in total. The van der Waals surface area contributed by atoms with E-state index < -0.39 is 0 Å². The second-order valence-electron chi connectivity index (χ2n) is 3.14. The van der Waals surface area contributed by atoms with E-state index >= 15 is 0 Å². The molecule has 0 aromatic carbocycles. The Kier molecular flexibility index (Phi) is 2.96. The number of rotatable bonds is 4. The molecule has 1 unspecified atom stereocenters. The van der Waals surface area contributed by atoms with Crippen LogP contribution in [0.3, 0.4) is 0 Å². The Labute approximate surface area is 86.7 Å². The summed E-state index contributed by atoms with van der Waals surface area (Å²) in [5.41, 5.74) is 1.31. The number of nitrogens with one attached hydrogen (secondary N) is 1. The third-order valence-corrected chi connectivity index (χ3v) is 2.82. The lowest BCUT2D eigenvalue weighted by molar-refractivity contribution is 0.366. The van der Waals surface area contributed by atoms with Gasteiger partial charge < -0.3 is 9.84 Å². The van der Waals surface area contributed by atoms with Gasteiger partial charge in [-0.2, -0.15) is 11.3 Å². The van der Waals surface area contributed by atoms with Gasteiger partial charge in [0.25, 0.3) is 0 Å². The Balaban J connectivity index is 1.87. The minimum atomic E-state index is 0.353. The largest absolute Gasteiger partial charge is 0.360 e. The summed E-state index contributed by atoms with van der Waals surface area (Å²) in [5, 5.41) is 11.2. The molecule has 0 saturated heterocycles. The first-order chi connectivity index (χ1) is 6.86. The summed E-state index contributed by atoms with van der Waals surface area (Å²) in [7, 11) is 0. The second-order valence-corrected chi connectivity index (χ2v) is 3.92. The molecule has 1 N–H and O–H groups in total. The number of aromatic nitrogens is 1. The lowest BCUT2D eigenvalue weighted by Crippen LogP contribution is -2.17. The molecule has 0 aliphatic carbocycles. The molecule has 2 rings (SSSR count). The van der Waals surface area contributed by atoms with Crippen molar-refractivity contribution in [2.75, 3.05) is 0 Å². The fourth-order valence-corrected chi connectivity index (χ4v) is 1.98. The van der Waals surface area contributed by atoms with E-state index in [2.05, 4.69) is 34.2 Å². The summed E-state index contributed by atoms with van der Waals surface area (Å²) in [6.07, 6.45) is 1.66. The molecule has 0 aliphatic heterocycles. The standard InChI is InChI=1S/C10H12N2OS/c1-8(9-3-5-14-7-9)11-6-10-2-4-12-13-10/h2-5,7-8,11H,6H2,1H3. The molecule has 14 heavy (non-hydrogen) atoms. The van der Waals surface area contributed by atoms with Gasteiger partial charge in [-0.1, -0.05) is 5.16 Å². The first-order valence-electron chi connectivity index (χ1n) is 4.51. The molecule has 2 heterocycles. The van der Waals surface area contributed by atoms with E-state index in [0.717, 1.165) is 12.3 Å². The molecular weight excluding hydrogens is 196 g/mol. The van der Waals surface area contributed by atoms with Crippen molar-refractivity contribution in [3.8, 4) is 0 Å². The maximum absolute atomic E-state index is 4.99. The van der Waals surface area contributed by atoms with Crippen molar-refractivity contribution in [3.05, 3.63) is 40.4 Å². The zero-order chi connectivity index (χ0) is 9.80. The van der Waals surface area contributed by atoms with Gasteiger partial charge in [-0.3, -0.25) is 0 Å². The van der Waals surface area contributed by atoms with Gasteiger partial charge in [0, 0.05) is 12.1 Å². The fourth-order valence-electron chi connectivity index (χ4n) is 1.23. The van der Waals surface area contributed by atoms with Crippen molar-refractivity contribution in [2.24, 2.45) is 0 Å². The molecule has 0 spiro atoms. The van der Waals surface area contributed by atoms with Crippen LogP contribution in [-0.4, -0.2) is 5.16 Å². The topological polar surface area (TPSA) is 38.1 Å². The van der Waals surface area contributed by atoms with Crippen molar-refractivity contribution in [1.82, 2.24) is 10.5 Å². The Morgan fingerprint density at radius 3 is 3.14 bits per heavy atom. The van der Waals surface area contributed by atoms with Crippen molar-refractivity contribution >= 4 is 11.3 Å². The van der Waals surface area contributed by atoms with Crippen molar-refractivity contribution in [3.63, 3.8) is 0 Å². The molecule has 4 heteroatoms. The van der Waals surface area contributed by atoms with Crippen molar-refractivity contribution in [1.29, 1.82) is 0 Å². The summed E-state index contributed by atoms with van der Waals surface area (Å²) in [5.74, 6) is 0.868. The summed E-state index contributed by atoms with van der Waals surface area (Å²) >= 11 is 1.72. The first-order valence-corrected chi connectivity index (χ1v) is 5.45. The lowest BCUT2D eigenvalue weighted by atomic mass is 10.2. The van der Waals surface area contributed by atoms with Crippen LogP contribution in [0.4, 0.5) is 0 Å². The van der Waals surface area contributed by atoms with Crippen LogP contribution in [0.15, 0.2) is 33.6 Å². The maximum atomic E-state index is 4.99. The zero-order valence-corrected chi connectivity index (χ0v) is 8.75. The maximum Gasteiger partial charge on any atom is 0.150 e. The Bertz CT molecular complexity index is 355. The van der Waals surface area contributed by atoms with E-state index in [1.165, 1.54) is 5.56 Å². The molecule has 0 radical (unpaired) electrons. The average Bonchev–Trinajstić information content (AvgIpc) is 2.87. The normalized spacial score (nSPS) is 12.9. The summed E-state index contributed by atoms with van der Waals surface area (Å²) < 4.78 is 4.99. The highest BCUT2D eigenvalue weighted by atomic mass is 32.1. The van der Waals surface area contributed by atoms with E-state index in [1.54, 1.807) is 17.5 Å². The van der Waals surface area contributed by atoms with Crippen molar-refractivity contribution < 1.29 is 4.52 Å². The second kappa shape index (κ2) is 4.39. The Morgan fingerprint density at radius 2 is 2.50 bits per heavy atom. The van der Waals surface area contributed by atoms with Gasteiger partial charge in [-0.15, -0.1) is 0 Å². The van der Waals surface area contributed by atoms with Crippen LogP contribution in [0.25, 0.3) is 0 Å². The van der Waals surface area contributed by atoms with Gasteiger partial charge in [0.2, 0.25) is 0 Å². The molecule has 0 saturated carbocycles. The van der Waals surface area contributed by atoms with Crippen LogP contribution in [0, 0.1) is 0 Å². The number of thiophene rings is 1. The number of hydrogen-bond acceptors (Lipinski definition) is 4. The highest BCUT2D eigenvalue weighted by Gasteiger charge is 2.05. The van der Waals surface area contributed by atoms with Crippen LogP contribution in [0.1, 0.15) is 24.3 Å². The van der Waals surface area contributed by atoms with Gasteiger partial charge >= 0.3 is 0 Å². The van der Waals surface area contributed by atoms with Crippen LogP contribution in [0.5, 0.6) is 0 Å². The van der Waals surface area contributed by atoms with Crippen LogP contribution in [-0.2, 0) is 6.54 Å². The summed E-state index contributed by atoms with van der Waals surface area (Å²) in [6.45, 7) is 2.86. The van der Waals surface area contributed by atoms with Gasteiger partial charge in [0.15, 0.2) is 0 Å². The van der Waals surface area contributed by atoms with E-state index in [1.807, 2.05) is 6.07 Å². The molecular formula is C10H12N2OS. The van der Waals surface area contributed by atoms with E-state index in [9.17, 15) is 0 Å². The minimum Gasteiger partial charge on any atom is -0.360 e. The lowest BCUT2D eigenvalue weighted by Gasteiger charge is -2.10. The monoisotopic (exact) mass is 208 g/mol. The minimum absolute atomic E-state index is 0.353. The van der Waals surface area contributed by atoms with E-state index in [4.69, 9.17) is 4.52 Å². The first kappa shape index (κ1) is 9.43. The molecule has 1 atom stereocenters. The molecule has 0 fully saturated rings. The summed E-state index contributed by atoms with van der Waals surface area (Å²) in [4.78, 5) is 0. The molecule has 0 aliphatic rings. The van der Waals surface area contributed by atoms with Gasteiger partial charge in [-0.05, 0) is 29.3 Å². The third kappa shape index (κ3) is 2.21. The van der Waals surface area contributed by atoms with Crippen LogP contribution in [0.2, 0.25) is 0 Å². The van der Waals surface area contributed by atoms with Gasteiger partial charge in [-0.25, -0.2) is 0 Å². The van der Waals surface area contributed by atoms with Crippen LogP contribution >= 0.6 is 11.3 Å². The summed E-state index contributed by atoms with van der Waals surface area (Å²) in [6, 6.07) is 4.35. The van der Waals surface area contributed by atoms with Crippen LogP contribution < -0.4 is 5.32 Å². The molecule has 2 aromatic rings. The Morgan fingerprint density at radius 1 is 1.57 bits per heavy atom. The van der Waals surface area contributed by atoms with Crippen molar-refractivity contribution in [2.45, 2.75) is 19.5 Å². The van der Waals surface area contributed by atoms with E-state index in [0.29, 0.717) is 6.04 Å². The average molecular weight is 208 g/mol. The number of hydrogen-bond donors (Lipinski definition) is 1. The fraction of sp³-hybridized carbons (Fsp3) is 0.300. The molecule has 74 valence electrons. The van der Waals surface area contributed by atoms with Gasteiger partial charge in [0.1, 0.15) is 5.76 Å². The molecule has 0 bridgehead atoms. The Hall–Kier alpha value is -1.13. The number of nitrogens with zero attached hydrogens (tertiary/aromatic N) is 1. The predicted octanol–water partition coefficient (Wildman–Crippen LogP) is 2.59. The predicted molar refractivity (Wildman–Crippen MR) is 56.1 cm³/mol. The highest BCUT2D eigenvalue weighted by Crippen LogP contribution is 2.15. The highest BCUT2D eigenvalue weighted by molar-refractivity contribution is 7.07.